The Balaban J connectivity index is 1.51. The molecule has 23 heavy (non-hydrogen) atoms. The van der Waals surface area contributed by atoms with Crippen molar-refractivity contribution in [2.45, 2.75) is 12.5 Å². The van der Waals surface area contributed by atoms with Crippen LogP contribution in [-0.2, 0) is 9.53 Å². The molecular formula is C16H21Cl2N3O2. The van der Waals surface area contributed by atoms with Gasteiger partial charge in [0.05, 0.1) is 23.3 Å². The predicted molar refractivity (Wildman–Crippen MR) is 92.5 cm³/mol. The van der Waals surface area contributed by atoms with E-state index in [1.165, 1.54) is 0 Å². The van der Waals surface area contributed by atoms with Crippen LogP contribution in [0, 0.1) is 0 Å². The van der Waals surface area contributed by atoms with Gasteiger partial charge in [-0.1, -0.05) is 23.2 Å². The second-order valence-corrected chi connectivity index (χ2v) is 6.71. The molecule has 2 aliphatic heterocycles. The van der Waals surface area contributed by atoms with Crippen molar-refractivity contribution in [2.24, 2.45) is 0 Å². The van der Waals surface area contributed by atoms with Gasteiger partial charge in [-0.25, -0.2) is 0 Å². The molecule has 0 radical (unpaired) electrons. The van der Waals surface area contributed by atoms with Crippen molar-refractivity contribution >= 4 is 34.8 Å². The Bertz CT molecular complexity index is 556. The second kappa shape index (κ2) is 7.71. The van der Waals surface area contributed by atoms with Gasteiger partial charge in [-0.2, -0.15) is 0 Å². The first-order valence-electron chi connectivity index (χ1n) is 7.92. The zero-order valence-electron chi connectivity index (χ0n) is 12.9. The average molecular weight is 358 g/mol. The quantitative estimate of drug-likeness (QED) is 0.898. The van der Waals surface area contributed by atoms with Gasteiger partial charge in [-0.05, 0) is 18.2 Å². The molecule has 3 rings (SSSR count). The first-order valence-corrected chi connectivity index (χ1v) is 8.68. The first-order chi connectivity index (χ1) is 11.1. The van der Waals surface area contributed by atoms with E-state index >= 15 is 0 Å². The minimum Gasteiger partial charge on any atom is -0.378 e. The summed E-state index contributed by atoms with van der Waals surface area (Å²) in [6.07, 6.45) is 0.507. The lowest BCUT2D eigenvalue weighted by atomic mass is 10.1. The molecule has 2 aliphatic rings. The van der Waals surface area contributed by atoms with Crippen molar-refractivity contribution in [1.29, 1.82) is 0 Å². The SMILES string of the molecule is O=C(C[C@H]1COCCN1)N1CCN(c2ccc(Cl)c(Cl)c2)CC1. The Morgan fingerprint density at radius 3 is 2.65 bits per heavy atom. The molecule has 0 bridgehead atoms. The van der Waals surface area contributed by atoms with Crippen LogP contribution in [0.5, 0.6) is 0 Å². The van der Waals surface area contributed by atoms with Gasteiger partial charge >= 0.3 is 0 Å². The Labute approximate surface area is 146 Å². The Kier molecular flexibility index (Phi) is 5.64. The number of anilines is 1. The summed E-state index contributed by atoms with van der Waals surface area (Å²) in [5.74, 6) is 0.196. The summed E-state index contributed by atoms with van der Waals surface area (Å²) in [7, 11) is 0. The van der Waals surface area contributed by atoms with E-state index in [-0.39, 0.29) is 11.9 Å². The molecule has 0 saturated carbocycles. The van der Waals surface area contributed by atoms with E-state index in [1.54, 1.807) is 0 Å². The van der Waals surface area contributed by atoms with Gasteiger partial charge in [-0.3, -0.25) is 4.79 Å². The third-order valence-corrected chi connectivity index (χ3v) is 5.06. The van der Waals surface area contributed by atoms with Gasteiger partial charge in [0.2, 0.25) is 5.91 Å². The lowest BCUT2D eigenvalue weighted by Crippen LogP contribution is -2.51. The monoisotopic (exact) mass is 357 g/mol. The maximum Gasteiger partial charge on any atom is 0.224 e. The van der Waals surface area contributed by atoms with Crippen LogP contribution in [0.25, 0.3) is 0 Å². The number of rotatable bonds is 3. The zero-order chi connectivity index (χ0) is 16.2. The number of morpholine rings is 1. The summed E-state index contributed by atoms with van der Waals surface area (Å²) in [4.78, 5) is 16.5. The van der Waals surface area contributed by atoms with E-state index in [0.29, 0.717) is 23.1 Å². The van der Waals surface area contributed by atoms with E-state index in [2.05, 4.69) is 10.2 Å². The van der Waals surface area contributed by atoms with E-state index in [1.807, 2.05) is 23.1 Å². The number of benzene rings is 1. The molecule has 0 aliphatic carbocycles. The number of halogens is 2. The standard InChI is InChI=1S/C16H21Cl2N3O2/c17-14-2-1-13(10-15(14)18)20-4-6-21(7-5-20)16(22)9-12-11-23-8-3-19-12/h1-2,10,12,19H,3-9,11H2/t12-/m0/s1. The Morgan fingerprint density at radius 1 is 1.22 bits per heavy atom. The van der Waals surface area contributed by atoms with Crippen molar-refractivity contribution in [1.82, 2.24) is 10.2 Å². The molecule has 126 valence electrons. The summed E-state index contributed by atoms with van der Waals surface area (Å²) in [5.41, 5.74) is 1.05. The molecule has 1 atom stereocenters. The zero-order valence-corrected chi connectivity index (χ0v) is 14.4. The third kappa shape index (κ3) is 4.29. The van der Waals surface area contributed by atoms with E-state index < -0.39 is 0 Å². The predicted octanol–water partition coefficient (Wildman–Crippen LogP) is 2.02. The molecular weight excluding hydrogens is 337 g/mol. The summed E-state index contributed by atoms with van der Waals surface area (Å²) in [6.45, 7) is 5.24. The summed E-state index contributed by atoms with van der Waals surface area (Å²) < 4.78 is 5.40. The number of nitrogens with one attached hydrogen (secondary N) is 1. The molecule has 1 amide bonds. The van der Waals surface area contributed by atoms with Crippen LogP contribution in [0.15, 0.2) is 18.2 Å². The molecule has 2 fully saturated rings. The number of hydrogen-bond acceptors (Lipinski definition) is 4. The number of carbonyl (C=O) groups excluding carboxylic acids is 1. The van der Waals surface area contributed by atoms with Crippen molar-refractivity contribution in [3.05, 3.63) is 28.2 Å². The van der Waals surface area contributed by atoms with Crippen molar-refractivity contribution in [3.8, 4) is 0 Å². The average Bonchev–Trinajstić information content (AvgIpc) is 2.58. The van der Waals surface area contributed by atoms with Gasteiger partial charge in [0, 0.05) is 50.9 Å². The third-order valence-electron chi connectivity index (χ3n) is 4.32. The maximum atomic E-state index is 12.4. The summed E-state index contributed by atoms with van der Waals surface area (Å²) in [5, 5.41) is 4.45. The first kappa shape index (κ1) is 16.8. The van der Waals surface area contributed by atoms with Crippen LogP contribution >= 0.6 is 23.2 Å². The van der Waals surface area contributed by atoms with Crippen LogP contribution in [0.3, 0.4) is 0 Å². The highest BCUT2D eigenvalue weighted by atomic mass is 35.5. The lowest BCUT2D eigenvalue weighted by molar-refractivity contribution is -0.132. The van der Waals surface area contributed by atoms with E-state index in [4.69, 9.17) is 27.9 Å². The Morgan fingerprint density at radius 2 is 2.00 bits per heavy atom. The molecule has 0 unspecified atom stereocenters. The van der Waals surface area contributed by atoms with E-state index in [0.717, 1.165) is 45.0 Å². The van der Waals surface area contributed by atoms with Gasteiger partial charge in [0.1, 0.15) is 0 Å². The molecule has 2 heterocycles. The van der Waals surface area contributed by atoms with Crippen LogP contribution in [0.1, 0.15) is 6.42 Å². The molecule has 0 spiro atoms. The largest absolute Gasteiger partial charge is 0.378 e. The van der Waals surface area contributed by atoms with Crippen LogP contribution in [-0.4, -0.2) is 62.8 Å². The van der Waals surface area contributed by atoms with Crippen LogP contribution in [0.4, 0.5) is 5.69 Å². The lowest BCUT2D eigenvalue weighted by Gasteiger charge is -2.37. The molecule has 1 N–H and O–H groups in total. The summed E-state index contributed by atoms with van der Waals surface area (Å²) in [6, 6.07) is 5.80. The van der Waals surface area contributed by atoms with Gasteiger partial charge in [0.25, 0.3) is 0 Å². The van der Waals surface area contributed by atoms with Crippen LogP contribution in [0.2, 0.25) is 10.0 Å². The number of nitrogens with zero attached hydrogens (tertiary/aromatic N) is 2. The fourth-order valence-electron chi connectivity index (χ4n) is 2.99. The fourth-order valence-corrected chi connectivity index (χ4v) is 3.28. The van der Waals surface area contributed by atoms with Crippen molar-refractivity contribution in [2.75, 3.05) is 50.8 Å². The highest BCUT2D eigenvalue weighted by molar-refractivity contribution is 6.42. The number of carbonyl (C=O) groups is 1. The minimum absolute atomic E-state index is 0.143. The normalized spacial score (nSPS) is 22.3. The number of piperazine rings is 1. The molecule has 5 nitrogen and oxygen atoms in total. The van der Waals surface area contributed by atoms with Crippen LogP contribution < -0.4 is 10.2 Å². The van der Waals surface area contributed by atoms with Gasteiger partial charge < -0.3 is 19.9 Å². The highest BCUT2D eigenvalue weighted by Gasteiger charge is 2.24. The van der Waals surface area contributed by atoms with Crippen molar-refractivity contribution < 1.29 is 9.53 Å². The summed E-state index contributed by atoms with van der Waals surface area (Å²) >= 11 is 12.0. The number of ether oxygens (including phenoxy) is 1. The molecule has 1 aromatic rings. The maximum absolute atomic E-state index is 12.4. The highest BCUT2D eigenvalue weighted by Crippen LogP contribution is 2.27. The molecule has 1 aromatic carbocycles. The Hall–Kier alpha value is -1.01. The topological polar surface area (TPSA) is 44.8 Å². The fraction of sp³-hybridized carbons (Fsp3) is 0.562. The molecule has 7 heteroatoms. The van der Waals surface area contributed by atoms with Crippen molar-refractivity contribution in [3.63, 3.8) is 0 Å². The van der Waals surface area contributed by atoms with Gasteiger partial charge in [-0.15, -0.1) is 0 Å². The smallest absolute Gasteiger partial charge is 0.224 e. The second-order valence-electron chi connectivity index (χ2n) is 5.90. The molecule has 2 saturated heterocycles. The van der Waals surface area contributed by atoms with E-state index in [9.17, 15) is 4.79 Å². The van der Waals surface area contributed by atoms with Gasteiger partial charge in [0.15, 0.2) is 0 Å². The molecule has 0 aromatic heterocycles. The number of hydrogen-bond donors (Lipinski definition) is 1. The number of amides is 1. The minimum atomic E-state index is 0.143.